The van der Waals surface area contributed by atoms with Crippen molar-refractivity contribution in [1.82, 2.24) is 0 Å². The van der Waals surface area contributed by atoms with Gasteiger partial charge in [-0.05, 0) is 55.4 Å². The second kappa shape index (κ2) is 11.5. The van der Waals surface area contributed by atoms with Crippen molar-refractivity contribution in [3.63, 3.8) is 0 Å². The second-order valence-corrected chi connectivity index (χ2v) is 11.7. The minimum atomic E-state index is -0.170. The number of nitrogens with two attached hydrogens (primary N) is 2. The third kappa shape index (κ3) is 7.24. The molecule has 0 aromatic heterocycles. The maximum Gasteiger partial charge on any atom is 0.463 e. The summed E-state index contributed by atoms with van der Waals surface area (Å²) >= 11 is 0. The summed E-state index contributed by atoms with van der Waals surface area (Å²) in [5.41, 5.74) is -0.681. The van der Waals surface area contributed by atoms with Gasteiger partial charge in [0, 0.05) is 38.3 Å². The predicted molar refractivity (Wildman–Crippen MR) is 121 cm³/mol. The van der Waals surface area contributed by atoms with Crippen molar-refractivity contribution >= 4 is 14.2 Å². The van der Waals surface area contributed by atoms with E-state index in [0.717, 1.165) is 12.6 Å². The molecule has 0 spiro atoms. The number of hydrogen-bond acceptors (Lipinski definition) is 4. The van der Waals surface area contributed by atoms with Gasteiger partial charge in [0.1, 0.15) is 0 Å². The lowest BCUT2D eigenvalue weighted by molar-refractivity contribution is -0.666. The fraction of sp³-hybridized carbons (Fsp3) is 1.00. The maximum atomic E-state index is 5.98. The summed E-state index contributed by atoms with van der Waals surface area (Å²) in [5.74, 6) is 0. The molecule has 0 aliphatic carbocycles. The normalized spacial score (nSPS) is 31.5. The van der Waals surface area contributed by atoms with E-state index in [1.807, 2.05) is 0 Å². The first-order chi connectivity index (χ1) is 13.8. The van der Waals surface area contributed by atoms with E-state index >= 15 is 0 Å². The minimum Gasteiger partial charge on any atom is -1.00 e. The number of hydrogen-bond donors (Lipinski definition) is 2. The van der Waals surface area contributed by atoms with Crippen molar-refractivity contribution in [1.29, 1.82) is 0 Å². The summed E-state index contributed by atoms with van der Waals surface area (Å²) in [5, 5.41) is 4.84. The van der Waals surface area contributed by atoms with Crippen molar-refractivity contribution in [2.75, 3.05) is 13.1 Å². The molecule has 0 unspecified atom stereocenters. The first kappa shape index (κ1) is 30.5. The molecule has 0 bridgehead atoms. The van der Waals surface area contributed by atoms with E-state index < -0.39 is 0 Å². The summed E-state index contributed by atoms with van der Waals surface area (Å²) in [6, 6.07) is 1.42. The molecule has 0 aromatic rings. The summed E-state index contributed by atoms with van der Waals surface area (Å²) in [6.07, 6.45) is 7.36. The molecule has 4 saturated heterocycles. The first-order valence-electron chi connectivity index (χ1n) is 12.2. The average molecular weight is 495 g/mol. The van der Waals surface area contributed by atoms with E-state index in [2.05, 4.69) is 66.0 Å². The van der Waals surface area contributed by atoms with Gasteiger partial charge in [-0.15, -0.1) is 0 Å². The predicted octanol–water partition coefficient (Wildman–Crippen LogP) is -4.38. The molecule has 4 fully saturated rings. The Morgan fingerprint density at radius 3 is 1.09 bits per heavy atom. The van der Waals surface area contributed by atoms with Gasteiger partial charge in [0.15, 0.2) is 0 Å². The second-order valence-electron chi connectivity index (χ2n) is 11.7. The molecular formula is C22H46B2Cl2N2O4. The van der Waals surface area contributed by atoms with Crippen LogP contribution in [0.15, 0.2) is 0 Å². The topological polar surface area (TPSA) is 70.1 Å². The van der Waals surface area contributed by atoms with Gasteiger partial charge >= 0.3 is 14.2 Å². The molecule has 0 saturated carbocycles. The monoisotopic (exact) mass is 494 g/mol. The van der Waals surface area contributed by atoms with E-state index in [1.54, 1.807) is 0 Å². The molecule has 10 heteroatoms. The summed E-state index contributed by atoms with van der Waals surface area (Å²) in [6.45, 7) is 19.5. The Bertz CT molecular complexity index is 502. The third-order valence-electron chi connectivity index (χ3n) is 8.15. The Morgan fingerprint density at radius 2 is 0.875 bits per heavy atom. The van der Waals surface area contributed by atoms with Gasteiger partial charge in [0.05, 0.1) is 47.6 Å². The highest BCUT2D eigenvalue weighted by atomic mass is 35.5. The smallest absolute Gasteiger partial charge is 0.463 e. The van der Waals surface area contributed by atoms with Crippen LogP contribution in [0.5, 0.6) is 0 Å². The van der Waals surface area contributed by atoms with Gasteiger partial charge in [-0.1, -0.05) is 0 Å². The van der Waals surface area contributed by atoms with Crippen LogP contribution in [0.1, 0.15) is 81.1 Å². The SMILES string of the molecule is CC1(C)OB(C[C@H]2CCC[NH2+]2)OC1(C)C.CC1(C)OB(C[C@H]2CCC[NH2+]2)OC1(C)C.[Cl-].[Cl-]. The first-order valence-corrected chi connectivity index (χ1v) is 12.2. The Labute approximate surface area is 209 Å². The summed E-state index contributed by atoms with van der Waals surface area (Å²) in [7, 11) is -0.0105. The van der Waals surface area contributed by atoms with Gasteiger partial charge in [0.2, 0.25) is 0 Å². The standard InChI is InChI=1S/2C11H22BNO2.2ClH/c2*1-10(2)11(3,4)15-12(14-10)8-9-6-5-7-13-9;;/h2*9,13H,5-8H2,1-4H3;2*1H/t2*9-;;/m11../s1. The van der Waals surface area contributed by atoms with E-state index in [0.29, 0.717) is 12.1 Å². The lowest BCUT2D eigenvalue weighted by atomic mass is 9.80. The highest BCUT2D eigenvalue weighted by Gasteiger charge is 2.52. The van der Waals surface area contributed by atoms with Crippen molar-refractivity contribution < 1.29 is 54.1 Å². The Kier molecular flexibility index (Phi) is 10.9. The van der Waals surface area contributed by atoms with E-state index in [9.17, 15) is 0 Å². The third-order valence-corrected chi connectivity index (χ3v) is 8.15. The van der Waals surface area contributed by atoms with Crippen LogP contribution in [0, 0.1) is 0 Å². The van der Waals surface area contributed by atoms with Crippen LogP contribution in [0.2, 0.25) is 12.6 Å². The van der Waals surface area contributed by atoms with Crippen LogP contribution in [0.4, 0.5) is 0 Å². The van der Waals surface area contributed by atoms with E-state index in [4.69, 9.17) is 18.6 Å². The highest BCUT2D eigenvalue weighted by molar-refractivity contribution is 6.46. The Morgan fingerprint density at radius 1 is 0.594 bits per heavy atom. The van der Waals surface area contributed by atoms with Crippen molar-refractivity contribution in [3.8, 4) is 0 Å². The molecule has 4 aliphatic heterocycles. The lowest BCUT2D eigenvalue weighted by Gasteiger charge is -2.32. The lowest BCUT2D eigenvalue weighted by Crippen LogP contribution is -3.00. The fourth-order valence-electron chi connectivity index (χ4n) is 4.75. The summed E-state index contributed by atoms with van der Waals surface area (Å²) in [4.78, 5) is 0. The minimum absolute atomic E-state index is 0. The van der Waals surface area contributed by atoms with E-state index in [1.165, 1.54) is 38.8 Å². The molecule has 188 valence electrons. The molecule has 0 radical (unpaired) electrons. The number of quaternary nitrogens is 2. The van der Waals surface area contributed by atoms with Crippen LogP contribution in [0.3, 0.4) is 0 Å². The summed E-state index contributed by atoms with van der Waals surface area (Å²) < 4.78 is 23.9. The molecule has 0 aromatic carbocycles. The molecule has 4 N–H and O–H groups in total. The van der Waals surface area contributed by atoms with E-state index in [-0.39, 0.29) is 61.5 Å². The molecule has 4 aliphatic rings. The van der Waals surface area contributed by atoms with Crippen LogP contribution >= 0.6 is 0 Å². The molecule has 6 nitrogen and oxygen atoms in total. The molecule has 4 heterocycles. The van der Waals surface area contributed by atoms with Gasteiger partial charge in [0.25, 0.3) is 0 Å². The number of rotatable bonds is 4. The van der Waals surface area contributed by atoms with Gasteiger partial charge in [-0.2, -0.15) is 0 Å². The van der Waals surface area contributed by atoms with Crippen LogP contribution in [0.25, 0.3) is 0 Å². The average Bonchev–Trinajstić information content (AvgIpc) is 3.32. The van der Waals surface area contributed by atoms with Crippen molar-refractivity contribution in [3.05, 3.63) is 0 Å². The van der Waals surface area contributed by atoms with Crippen molar-refractivity contribution in [2.45, 2.75) is 128 Å². The number of halogens is 2. The van der Waals surface area contributed by atoms with Gasteiger partial charge in [-0.3, -0.25) is 0 Å². The maximum absolute atomic E-state index is 5.98. The molecular weight excluding hydrogens is 449 g/mol. The zero-order chi connectivity index (χ0) is 22.2. The van der Waals surface area contributed by atoms with Crippen LogP contribution in [-0.2, 0) is 18.6 Å². The van der Waals surface area contributed by atoms with Crippen LogP contribution in [-0.4, -0.2) is 61.8 Å². The Balaban J connectivity index is 0.000000301. The zero-order valence-electron chi connectivity index (χ0n) is 21.5. The van der Waals surface area contributed by atoms with Gasteiger partial charge < -0.3 is 54.1 Å². The fourth-order valence-corrected chi connectivity index (χ4v) is 4.75. The van der Waals surface area contributed by atoms with Crippen molar-refractivity contribution in [2.24, 2.45) is 0 Å². The Hall–Kier alpha value is 0.470. The highest BCUT2D eigenvalue weighted by Crippen LogP contribution is 2.39. The quantitative estimate of drug-likeness (QED) is 0.387. The molecule has 32 heavy (non-hydrogen) atoms. The molecule has 0 amide bonds. The van der Waals surface area contributed by atoms with Crippen LogP contribution < -0.4 is 35.4 Å². The van der Waals surface area contributed by atoms with Gasteiger partial charge in [-0.25, -0.2) is 0 Å². The zero-order valence-corrected chi connectivity index (χ0v) is 23.0. The molecule has 4 rings (SSSR count). The largest absolute Gasteiger partial charge is 1.00 e. The molecule has 2 atom stereocenters.